The average Bonchev–Trinajstić information content (AvgIpc) is 2.25. The summed E-state index contributed by atoms with van der Waals surface area (Å²) in [7, 11) is -3.43. The number of nitrogens with one attached hydrogen (secondary N) is 1. The first-order valence-electron chi connectivity index (χ1n) is 6.35. The van der Waals surface area contributed by atoms with E-state index in [2.05, 4.69) is 5.32 Å². The Hall–Kier alpha value is -0.330. The van der Waals surface area contributed by atoms with Crippen LogP contribution in [0.5, 0.6) is 0 Å². The minimum atomic E-state index is -3.43. The van der Waals surface area contributed by atoms with Crippen molar-refractivity contribution < 1.29 is 13.2 Å². The summed E-state index contributed by atoms with van der Waals surface area (Å²) in [5.41, 5.74) is 5.82. The zero-order chi connectivity index (χ0) is 14.0. The second-order valence-electron chi connectivity index (χ2n) is 5.89. The Balaban J connectivity index is 0.00000324. The number of carbonyl (C=O) groups is 1. The molecule has 0 atom stereocenters. The van der Waals surface area contributed by atoms with E-state index >= 15 is 0 Å². The molecule has 0 aliphatic heterocycles. The maximum absolute atomic E-state index is 12.0. The molecule has 1 fully saturated rings. The van der Waals surface area contributed by atoms with Gasteiger partial charge in [0.15, 0.2) is 9.84 Å². The smallest absolute Gasteiger partial charge is 0.240 e. The van der Waals surface area contributed by atoms with Gasteiger partial charge in [-0.05, 0) is 26.7 Å². The average molecular weight is 313 g/mol. The largest absolute Gasteiger partial charge is 0.353 e. The Bertz CT molecular complexity index is 415. The molecule has 0 radical (unpaired) electrons. The molecule has 0 aromatic heterocycles. The predicted molar refractivity (Wildman–Crippen MR) is 79.2 cm³/mol. The molecule has 0 spiro atoms. The van der Waals surface area contributed by atoms with E-state index in [4.69, 9.17) is 5.73 Å². The molecule has 7 heteroatoms. The summed E-state index contributed by atoms with van der Waals surface area (Å²) in [5.74, 6) is -0.472. The lowest BCUT2D eigenvalue weighted by atomic mass is 9.82. The zero-order valence-electron chi connectivity index (χ0n) is 11.9. The highest BCUT2D eigenvalue weighted by molar-refractivity contribution is 7.92. The second-order valence-corrected chi connectivity index (χ2v) is 8.45. The van der Waals surface area contributed by atoms with Gasteiger partial charge in [-0.25, -0.2) is 8.42 Å². The van der Waals surface area contributed by atoms with E-state index in [1.807, 2.05) is 0 Å². The van der Waals surface area contributed by atoms with Crippen LogP contribution in [0, 0.1) is 0 Å². The number of sulfone groups is 1. The SMILES string of the molecule is CC(C)(C(=O)NCC1(N)CCCCC1)S(C)(=O)=O.Cl. The van der Waals surface area contributed by atoms with Crippen LogP contribution in [0.2, 0.25) is 0 Å². The van der Waals surface area contributed by atoms with E-state index in [0.29, 0.717) is 6.54 Å². The monoisotopic (exact) mass is 312 g/mol. The normalized spacial score (nSPS) is 19.4. The van der Waals surface area contributed by atoms with Crippen molar-refractivity contribution in [3.63, 3.8) is 0 Å². The van der Waals surface area contributed by atoms with Gasteiger partial charge in [0.2, 0.25) is 5.91 Å². The van der Waals surface area contributed by atoms with Crippen LogP contribution in [-0.2, 0) is 14.6 Å². The minimum absolute atomic E-state index is 0. The van der Waals surface area contributed by atoms with Gasteiger partial charge in [-0.3, -0.25) is 4.79 Å². The third kappa shape index (κ3) is 4.61. The zero-order valence-corrected chi connectivity index (χ0v) is 13.5. The maximum atomic E-state index is 12.0. The quantitative estimate of drug-likeness (QED) is 0.810. The van der Waals surface area contributed by atoms with Crippen molar-refractivity contribution in [3.05, 3.63) is 0 Å². The van der Waals surface area contributed by atoms with Crippen molar-refractivity contribution in [3.8, 4) is 0 Å². The van der Waals surface area contributed by atoms with E-state index in [9.17, 15) is 13.2 Å². The lowest BCUT2D eigenvalue weighted by Crippen LogP contribution is -2.55. The van der Waals surface area contributed by atoms with Crippen LogP contribution >= 0.6 is 12.4 Å². The Kier molecular flexibility index (Phi) is 6.30. The highest BCUT2D eigenvalue weighted by Crippen LogP contribution is 2.25. The first-order chi connectivity index (χ1) is 8.08. The van der Waals surface area contributed by atoms with Crippen molar-refractivity contribution in [2.45, 2.75) is 56.2 Å². The van der Waals surface area contributed by atoms with Crippen molar-refractivity contribution >= 4 is 28.2 Å². The fraction of sp³-hybridized carbons (Fsp3) is 0.917. The first-order valence-corrected chi connectivity index (χ1v) is 8.24. The molecular formula is C12H25ClN2O3S. The first kappa shape index (κ1) is 18.7. The minimum Gasteiger partial charge on any atom is -0.353 e. The molecule has 0 saturated heterocycles. The van der Waals surface area contributed by atoms with Crippen LogP contribution in [0.3, 0.4) is 0 Å². The molecule has 1 aliphatic carbocycles. The van der Waals surface area contributed by atoms with Crippen LogP contribution < -0.4 is 11.1 Å². The molecule has 1 amide bonds. The number of hydrogen-bond acceptors (Lipinski definition) is 4. The molecule has 0 aromatic carbocycles. The molecule has 0 bridgehead atoms. The number of carbonyl (C=O) groups excluding carboxylic acids is 1. The van der Waals surface area contributed by atoms with Crippen molar-refractivity contribution in [1.82, 2.24) is 5.32 Å². The highest BCUT2D eigenvalue weighted by Gasteiger charge is 2.39. The maximum Gasteiger partial charge on any atom is 0.240 e. The molecule has 3 N–H and O–H groups in total. The molecule has 1 rings (SSSR count). The summed E-state index contributed by atoms with van der Waals surface area (Å²) >= 11 is 0. The standard InChI is InChI=1S/C12H24N2O3S.ClH/c1-11(2,18(3,16)17)10(15)14-9-12(13)7-5-4-6-8-12;/h4-9,13H2,1-3H3,(H,14,15);1H. The van der Waals surface area contributed by atoms with Gasteiger partial charge in [-0.15, -0.1) is 12.4 Å². The third-order valence-electron chi connectivity index (χ3n) is 3.92. The van der Waals surface area contributed by atoms with Gasteiger partial charge in [0.05, 0.1) is 0 Å². The van der Waals surface area contributed by atoms with Gasteiger partial charge >= 0.3 is 0 Å². The second kappa shape index (κ2) is 6.41. The van der Waals surface area contributed by atoms with E-state index in [1.165, 1.54) is 20.3 Å². The van der Waals surface area contributed by atoms with Gasteiger partial charge in [-0.2, -0.15) is 0 Å². The van der Waals surface area contributed by atoms with Gasteiger partial charge in [0.25, 0.3) is 0 Å². The number of hydrogen-bond donors (Lipinski definition) is 2. The number of amides is 1. The number of rotatable bonds is 4. The van der Waals surface area contributed by atoms with Gasteiger partial charge < -0.3 is 11.1 Å². The van der Waals surface area contributed by atoms with Crippen LogP contribution in [0.25, 0.3) is 0 Å². The topological polar surface area (TPSA) is 89.3 Å². The molecule has 0 aromatic rings. The Morgan fingerprint density at radius 3 is 2.16 bits per heavy atom. The van der Waals surface area contributed by atoms with E-state index in [1.54, 1.807) is 0 Å². The molecule has 0 heterocycles. The lowest BCUT2D eigenvalue weighted by Gasteiger charge is -2.34. The molecule has 1 saturated carbocycles. The number of halogens is 1. The molecule has 0 unspecified atom stereocenters. The molecule has 19 heavy (non-hydrogen) atoms. The summed E-state index contributed by atoms with van der Waals surface area (Å²) < 4.78 is 21.7. The summed E-state index contributed by atoms with van der Waals surface area (Å²) in [6, 6.07) is 0. The summed E-state index contributed by atoms with van der Waals surface area (Å²) in [6.45, 7) is 3.19. The number of nitrogens with two attached hydrogens (primary N) is 1. The Morgan fingerprint density at radius 2 is 1.74 bits per heavy atom. The van der Waals surface area contributed by atoms with Crippen LogP contribution in [0.15, 0.2) is 0 Å². The fourth-order valence-electron chi connectivity index (χ4n) is 2.07. The van der Waals surface area contributed by atoms with E-state index < -0.39 is 20.5 Å². The molecular weight excluding hydrogens is 288 g/mol. The van der Waals surface area contributed by atoms with Gasteiger partial charge in [0, 0.05) is 18.3 Å². The highest BCUT2D eigenvalue weighted by atomic mass is 35.5. The van der Waals surface area contributed by atoms with Crippen molar-refractivity contribution in [1.29, 1.82) is 0 Å². The Labute approximate surface area is 122 Å². The predicted octanol–water partition coefficient (Wildman–Crippen LogP) is 1.01. The van der Waals surface area contributed by atoms with Gasteiger partial charge in [-0.1, -0.05) is 19.3 Å². The molecule has 114 valence electrons. The van der Waals surface area contributed by atoms with Crippen molar-refractivity contribution in [2.75, 3.05) is 12.8 Å². The lowest BCUT2D eigenvalue weighted by molar-refractivity contribution is -0.123. The van der Waals surface area contributed by atoms with Crippen molar-refractivity contribution in [2.24, 2.45) is 5.73 Å². The Morgan fingerprint density at radius 1 is 1.26 bits per heavy atom. The van der Waals surface area contributed by atoms with Crippen LogP contribution in [-0.4, -0.2) is 37.4 Å². The molecule has 1 aliphatic rings. The van der Waals surface area contributed by atoms with E-state index in [-0.39, 0.29) is 17.9 Å². The van der Waals surface area contributed by atoms with Crippen LogP contribution in [0.1, 0.15) is 46.0 Å². The van der Waals surface area contributed by atoms with Crippen LogP contribution in [0.4, 0.5) is 0 Å². The fourth-order valence-corrected chi connectivity index (χ4v) is 2.48. The summed E-state index contributed by atoms with van der Waals surface area (Å²) in [5, 5.41) is 2.70. The summed E-state index contributed by atoms with van der Waals surface area (Å²) in [4.78, 5) is 12.0. The summed E-state index contributed by atoms with van der Waals surface area (Å²) in [6.07, 6.45) is 6.16. The van der Waals surface area contributed by atoms with Gasteiger partial charge in [0.1, 0.15) is 4.75 Å². The van der Waals surface area contributed by atoms with E-state index in [0.717, 1.165) is 31.9 Å². The third-order valence-corrected chi connectivity index (χ3v) is 5.96. The molecule has 5 nitrogen and oxygen atoms in total.